The second kappa shape index (κ2) is 13.1. The molecule has 2 aromatic rings. The summed E-state index contributed by atoms with van der Waals surface area (Å²) in [5.74, 6) is 2.29. The summed E-state index contributed by atoms with van der Waals surface area (Å²) in [6.07, 6.45) is 0.836. The second-order valence-electron chi connectivity index (χ2n) is 6.42. The van der Waals surface area contributed by atoms with Crippen molar-refractivity contribution in [2.45, 2.75) is 33.7 Å². The number of halogens is 1. The molecule has 0 unspecified atom stereocenters. The molecule has 160 valence electrons. The number of benzene rings is 2. The number of hydrogen-bond acceptors (Lipinski definition) is 4. The van der Waals surface area contributed by atoms with Crippen LogP contribution in [-0.4, -0.2) is 37.9 Å². The molecule has 0 atom stereocenters. The van der Waals surface area contributed by atoms with Gasteiger partial charge in [-0.25, -0.2) is 4.99 Å². The smallest absolute Gasteiger partial charge is 0.191 e. The molecule has 0 spiro atoms. The van der Waals surface area contributed by atoms with E-state index in [2.05, 4.69) is 34.7 Å². The van der Waals surface area contributed by atoms with Crippen LogP contribution < -0.4 is 20.1 Å². The topological polar surface area (TPSA) is 75.1 Å². The number of aryl methyl sites for hydroxylation is 1. The lowest BCUT2D eigenvalue weighted by Crippen LogP contribution is -2.38. The highest BCUT2D eigenvalue weighted by Crippen LogP contribution is 2.27. The van der Waals surface area contributed by atoms with Crippen LogP contribution in [0.15, 0.2) is 41.4 Å². The van der Waals surface area contributed by atoms with Crippen LogP contribution in [0.2, 0.25) is 0 Å². The fourth-order valence-corrected chi connectivity index (χ4v) is 2.86. The standard InChI is InChI=1S/C22H31N3O3.HI/c1-5-23-22(24-12-11-18-13-16(3)7-10-20(18)27-4)25-15-17-8-9-19(26)21(14-17)28-6-2;/h7-10,13-14,26H,5-6,11-12,15H2,1-4H3,(H2,23,24,25);1H. The van der Waals surface area contributed by atoms with E-state index in [1.54, 1.807) is 13.2 Å². The number of phenols is 1. The van der Waals surface area contributed by atoms with Crippen LogP contribution in [0, 0.1) is 6.92 Å². The van der Waals surface area contributed by atoms with Crippen molar-refractivity contribution < 1.29 is 14.6 Å². The van der Waals surface area contributed by atoms with Gasteiger partial charge in [0.2, 0.25) is 0 Å². The van der Waals surface area contributed by atoms with E-state index < -0.39 is 0 Å². The van der Waals surface area contributed by atoms with Gasteiger partial charge in [-0.2, -0.15) is 0 Å². The fraction of sp³-hybridized carbons (Fsp3) is 0.409. The molecule has 0 radical (unpaired) electrons. The highest BCUT2D eigenvalue weighted by molar-refractivity contribution is 14.0. The van der Waals surface area contributed by atoms with Gasteiger partial charge in [-0.15, -0.1) is 24.0 Å². The Hall–Kier alpha value is -2.16. The van der Waals surface area contributed by atoms with Gasteiger partial charge in [-0.05, 0) is 56.5 Å². The first-order valence-corrected chi connectivity index (χ1v) is 9.67. The van der Waals surface area contributed by atoms with Crippen molar-refractivity contribution in [1.29, 1.82) is 0 Å². The average Bonchev–Trinajstić information content (AvgIpc) is 2.68. The van der Waals surface area contributed by atoms with Gasteiger partial charge in [0.25, 0.3) is 0 Å². The summed E-state index contributed by atoms with van der Waals surface area (Å²) < 4.78 is 10.9. The Morgan fingerprint density at radius 1 is 1.07 bits per heavy atom. The van der Waals surface area contributed by atoms with Gasteiger partial charge in [0.1, 0.15) is 5.75 Å². The monoisotopic (exact) mass is 513 g/mol. The molecule has 3 N–H and O–H groups in total. The molecule has 0 saturated carbocycles. The summed E-state index contributed by atoms with van der Waals surface area (Å²) in [6, 6.07) is 11.5. The van der Waals surface area contributed by atoms with Crippen LogP contribution in [0.25, 0.3) is 0 Å². The summed E-state index contributed by atoms with van der Waals surface area (Å²) >= 11 is 0. The van der Waals surface area contributed by atoms with Crippen molar-refractivity contribution in [3.8, 4) is 17.2 Å². The third kappa shape index (κ3) is 8.00. The van der Waals surface area contributed by atoms with E-state index in [4.69, 9.17) is 9.47 Å². The van der Waals surface area contributed by atoms with Crippen LogP contribution in [0.4, 0.5) is 0 Å². The molecule has 6 nitrogen and oxygen atoms in total. The van der Waals surface area contributed by atoms with Crippen molar-refractivity contribution in [3.63, 3.8) is 0 Å². The minimum absolute atomic E-state index is 0. The third-order valence-electron chi connectivity index (χ3n) is 4.21. The maximum Gasteiger partial charge on any atom is 0.191 e. The van der Waals surface area contributed by atoms with Crippen molar-refractivity contribution in [2.75, 3.05) is 26.8 Å². The number of aromatic hydroxyl groups is 1. The van der Waals surface area contributed by atoms with Gasteiger partial charge in [0.15, 0.2) is 17.5 Å². The first-order chi connectivity index (χ1) is 13.6. The molecule has 0 aliphatic rings. The maximum atomic E-state index is 9.82. The molecule has 0 saturated heterocycles. The largest absolute Gasteiger partial charge is 0.504 e. The summed E-state index contributed by atoms with van der Waals surface area (Å²) in [5, 5.41) is 16.4. The number of hydrogen-bond donors (Lipinski definition) is 3. The predicted octanol–water partition coefficient (Wildman–Crippen LogP) is 4.02. The lowest BCUT2D eigenvalue weighted by Gasteiger charge is -2.13. The fourth-order valence-electron chi connectivity index (χ4n) is 2.86. The molecule has 0 fully saturated rings. The molecular weight excluding hydrogens is 481 g/mol. The zero-order valence-electron chi connectivity index (χ0n) is 17.6. The van der Waals surface area contributed by atoms with Crippen molar-refractivity contribution in [3.05, 3.63) is 53.1 Å². The molecule has 0 amide bonds. The van der Waals surface area contributed by atoms with E-state index in [9.17, 15) is 5.11 Å². The minimum atomic E-state index is 0. The van der Waals surface area contributed by atoms with E-state index >= 15 is 0 Å². The Morgan fingerprint density at radius 3 is 2.55 bits per heavy atom. The van der Waals surface area contributed by atoms with Crippen LogP contribution >= 0.6 is 24.0 Å². The van der Waals surface area contributed by atoms with E-state index in [0.717, 1.165) is 36.8 Å². The molecule has 2 rings (SSSR count). The molecule has 0 bridgehead atoms. The molecule has 2 aromatic carbocycles. The van der Waals surface area contributed by atoms with Gasteiger partial charge in [-0.3, -0.25) is 0 Å². The van der Waals surface area contributed by atoms with Crippen LogP contribution in [0.1, 0.15) is 30.5 Å². The summed E-state index contributed by atoms with van der Waals surface area (Å²) in [5.41, 5.74) is 3.36. The molecular formula is C22H32IN3O3. The lowest BCUT2D eigenvalue weighted by molar-refractivity contribution is 0.318. The predicted molar refractivity (Wildman–Crippen MR) is 129 cm³/mol. The Morgan fingerprint density at radius 2 is 1.86 bits per heavy atom. The Labute approximate surface area is 190 Å². The molecule has 0 aliphatic carbocycles. The van der Waals surface area contributed by atoms with E-state index in [0.29, 0.717) is 18.9 Å². The number of nitrogens with one attached hydrogen (secondary N) is 2. The molecule has 0 aromatic heterocycles. The van der Waals surface area contributed by atoms with E-state index in [1.165, 1.54) is 11.1 Å². The average molecular weight is 513 g/mol. The first kappa shape index (κ1) is 24.9. The highest BCUT2D eigenvalue weighted by Gasteiger charge is 2.06. The zero-order valence-corrected chi connectivity index (χ0v) is 19.9. The molecule has 0 heterocycles. The summed E-state index contributed by atoms with van der Waals surface area (Å²) in [7, 11) is 1.70. The second-order valence-corrected chi connectivity index (χ2v) is 6.42. The van der Waals surface area contributed by atoms with Gasteiger partial charge in [0, 0.05) is 13.1 Å². The highest BCUT2D eigenvalue weighted by atomic mass is 127. The lowest BCUT2D eigenvalue weighted by atomic mass is 10.1. The summed E-state index contributed by atoms with van der Waals surface area (Å²) in [4.78, 5) is 4.63. The Bertz CT molecular complexity index is 797. The molecule has 29 heavy (non-hydrogen) atoms. The van der Waals surface area contributed by atoms with E-state index in [-0.39, 0.29) is 29.7 Å². The number of rotatable bonds is 9. The minimum Gasteiger partial charge on any atom is -0.504 e. The van der Waals surface area contributed by atoms with Crippen LogP contribution in [-0.2, 0) is 13.0 Å². The third-order valence-corrected chi connectivity index (χ3v) is 4.21. The van der Waals surface area contributed by atoms with Crippen molar-refractivity contribution in [2.24, 2.45) is 4.99 Å². The maximum absolute atomic E-state index is 9.82. The number of phenolic OH excluding ortho intramolecular Hbond substituents is 1. The first-order valence-electron chi connectivity index (χ1n) is 9.67. The molecule has 7 heteroatoms. The van der Waals surface area contributed by atoms with Gasteiger partial charge in [0.05, 0.1) is 20.3 Å². The van der Waals surface area contributed by atoms with E-state index in [1.807, 2.05) is 32.0 Å². The Balaban J connectivity index is 0.00000420. The zero-order chi connectivity index (χ0) is 20.4. The Kier molecular flexibility index (Phi) is 11.3. The number of ether oxygens (including phenoxy) is 2. The number of aliphatic imine (C=N–C) groups is 1. The quantitative estimate of drug-likeness (QED) is 0.268. The van der Waals surface area contributed by atoms with Crippen LogP contribution in [0.3, 0.4) is 0 Å². The number of guanidine groups is 1. The van der Waals surface area contributed by atoms with Crippen molar-refractivity contribution in [1.82, 2.24) is 10.6 Å². The van der Waals surface area contributed by atoms with Crippen LogP contribution in [0.5, 0.6) is 17.2 Å². The normalized spacial score (nSPS) is 10.8. The molecule has 0 aliphatic heterocycles. The van der Waals surface area contributed by atoms with Gasteiger partial charge in [-0.1, -0.05) is 23.8 Å². The van der Waals surface area contributed by atoms with Gasteiger partial charge < -0.3 is 25.2 Å². The number of nitrogens with zero attached hydrogens (tertiary/aromatic N) is 1. The summed E-state index contributed by atoms with van der Waals surface area (Å²) in [6.45, 7) is 8.52. The van der Waals surface area contributed by atoms with Gasteiger partial charge >= 0.3 is 0 Å². The van der Waals surface area contributed by atoms with Crippen molar-refractivity contribution >= 4 is 29.9 Å². The SMILES string of the molecule is CCNC(=NCc1ccc(O)c(OCC)c1)NCCc1cc(C)ccc1OC.I. The number of methoxy groups -OCH3 is 1.